The second-order valence-electron chi connectivity index (χ2n) is 9.61. The summed E-state index contributed by atoms with van der Waals surface area (Å²) >= 11 is 0. The van der Waals surface area contributed by atoms with E-state index >= 15 is 0 Å². The lowest BCUT2D eigenvalue weighted by Crippen LogP contribution is -2.29. The molecule has 0 bridgehead atoms. The first-order valence-electron chi connectivity index (χ1n) is 11.8. The molecule has 2 heterocycles. The second-order valence-corrected chi connectivity index (χ2v) is 9.61. The highest BCUT2D eigenvalue weighted by Gasteiger charge is 2.43. The minimum absolute atomic E-state index is 0.0535. The van der Waals surface area contributed by atoms with Gasteiger partial charge in [0.05, 0.1) is 17.0 Å². The fourth-order valence-corrected chi connectivity index (χ4v) is 4.73. The Morgan fingerprint density at radius 1 is 0.914 bits per heavy atom. The highest BCUT2D eigenvalue weighted by molar-refractivity contribution is 6.11. The number of Topliss-reactive ketones (excluding diaryl/α,β-unsaturated/α-hetero) is 1. The number of aryl methyl sites for hydroxylation is 2. The van der Waals surface area contributed by atoms with Crippen molar-refractivity contribution in [3.8, 4) is 0 Å². The highest BCUT2D eigenvalue weighted by Crippen LogP contribution is 2.41. The maximum atomic E-state index is 13.8. The quantitative estimate of drug-likeness (QED) is 0.323. The first-order valence-corrected chi connectivity index (χ1v) is 11.8. The van der Waals surface area contributed by atoms with Gasteiger partial charge in [-0.3, -0.25) is 19.3 Å². The summed E-state index contributed by atoms with van der Waals surface area (Å²) < 4.78 is 6.12. The molecular formula is C30H27NO4. The van der Waals surface area contributed by atoms with Crippen LogP contribution in [-0.2, 0) is 0 Å². The van der Waals surface area contributed by atoms with Crippen molar-refractivity contribution in [2.45, 2.75) is 46.6 Å². The van der Waals surface area contributed by atoms with E-state index in [1.54, 1.807) is 29.2 Å². The molecule has 1 atom stereocenters. The lowest BCUT2D eigenvalue weighted by Gasteiger charge is -2.25. The molecule has 1 amide bonds. The molecule has 5 nitrogen and oxygen atoms in total. The third kappa shape index (κ3) is 3.68. The summed E-state index contributed by atoms with van der Waals surface area (Å²) in [4.78, 5) is 41.0. The van der Waals surface area contributed by atoms with Gasteiger partial charge in [-0.05, 0) is 85.3 Å². The van der Waals surface area contributed by atoms with Crippen LogP contribution in [0.25, 0.3) is 11.0 Å². The van der Waals surface area contributed by atoms with Gasteiger partial charge in [0.15, 0.2) is 11.2 Å². The monoisotopic (exact) mass is 465 g/mol. The molecule has 0 saturated heterocycles. The van der Waals surface area contributed by atoms with Gasteiger partial charge < -0.3 is 4.42 Å². The summed E-state index contributed by atoms with van der Waals surface area (Å²) in [7, 11) is 0. The lowest BCUT2D eigenvalue weighted by molar-refractivity contribution is 0.0970. The van der Waals surface area contributed by atoms with E-state index in [1.807, 2.05) is 50.2 Å². The van der Waals surface area contributed by atoms with E-state index in [0.29, 0.717) is 33.7 Å². The fraction of sp³-hybridized carbons (Fsp3) is 0.233. The molecule has 5 heteroatoms. The van der Waals surface area contributed by atoms with Crippen LogP contribution in [0.3, 0.4) is 0 Å². The maximum Gasteiger partial charge on any atom is 0.295 e. The Labute approximate surface area is 204 Å². The van der Waals surface area contributed by atoms with Gasteiger partial charge in [-0.1, -0.05) is 38.1 Å². The summed E-state index contributed by atoms with van der Waals surface area (Å²) in [6, 6.07) is 17.9. The number of hydrogen-bond acceptors (Lipinski definition) is 4. The van der Waals surface area contributed by atoms with Crippen LogP contribution in [0.4, 0.5) is 5.69 Å². The van der Waals surface area contributed by atoms with Crippen LogP contribution >= 0.6 is 0 Å². The highest BCUT2D eigenvalue weighted by atomic mass is 16.3. The van der Waals surface area contributed by atoms with Crippen LogP contribution in [0.15, 0.2) is 69.9 Å². The number of carbonyl (C=O) groups is 2. The van der Waals surface area contributed by atoms with Crippen LogP contribution in [0.2, 0.25) is 0 Å². The number of rotatable bonds is 4. The third-order valence-electron chi connectivity index (χ3n) is 6.96. The number of amides is 1. The Balaban J connectivity index is 1.76. The Bertz CT molecular complexity index is 1540. The molecule has 0 fully saturated rings. The first-order chi connectivity index (χ1) is 16.7. The number of fused-ring (bicyclic) bond motifs is 2. The number of anilines is 1. The zero-order valence-electron chi connectivity index (χ0n) is 20.5. The number of ketones is 1. The van der Waals surface area contributed by atoms with E-state index in [4.69, 9.17) is 4.42 Å². The molecule has 5 rings (SSSR count). The molecule has 0 aliphatic carbocycles. The van der Waals surface area contributed by atoms with Gasteiger partial charge in [0.25, 0.3) is 5.91 Å². The minimum atomic E-state index is -0.635. The van der Waals surface area contributed by atoms with Crippen molar-refractivity contribution in [1.29, 1.82) is 0 Å². The van der Waals surface area contributed by atoms with E-state index in [2.05, 4.69) is 13.8 Å². The van der Waals surface area contributed by atoms with E-state index in [0.717, 1.165) is 16.7 Å². The molecular weight excluding hydrogens is 438 g/mol. The molecule has 0 saturated carbocycles. The Kier molecular flexibility index (Phi) is 5.43. The molecule has 0 radical (unpaired) electrons. The van der Waals surface area contributed by atoms with Crippen molar-refractivity contribution in [2.75, 3.05) is 4.90 Å². The van der Waals surface area contributed by atoms with Crippen LogP contribution in [0.5, 0.6) is 0 Å². The van der Waals surface area contributed by atoms with Crippen LogP contribution < -0.4 is 10.3 Å². The SMILES string of the molecule is CC(=O)c1ccc(N2C(=O)c3oc4cc(C)c(C)cc4c(=O)c3C2c2ccc(C(C)C)cc2)cc1. The van der Waals surface area contributed by atoms with E-state index in [9.17, 15) is 14.4 Å². The predicted molar refractivity (Wildman–Crippen MR) is 138 cm³/mol. The number of hydrogen-bond donors (Lipinski definition) is 0. The Morgan fingerprint density at radius 2 is 1.54 bits per heavy atom. The smallest absolute Gasteiger partial charge is 0.295 e. The summed E-state index contributed by atoms with van der Waals surface area (Å²) in [5, 5.41) is 0.470. The zero-order chi connectivity index (χ0) is 25.0. The van der Waals surface area contributed by atoms with Crippen molar-refractivity contribution in [3.63, 3.8) is 0 Å². The van der Waals surface area contributed by atoms with Crippen molar-refractivity contribution >= 4 is 28.3 Å². The zero-order valence-corrected chi connectivity index (χ0v) is 20.5. The van der Waals surface area contributed by atoms with Gasteiger partial charge >= 0.3 is 0 Å². The van der Waals surface area contributed by atoms with Gasteiger partial charge in [-0.15, -0.1) is 0 Å². The first kappa shape index (κ1) is 22.8. The molecule has 0 N–H and O–H groups in total. The minimum Gasteiger partial charge on any atom is -0.450 e. The van der Waals surface area contributed by atoms with E-state index in [-0.39, 0.29) is 22.9 Å². The van der Waals surface area contributed by atoms with Crippen molar-refractivity contribution in [3.05, 3.63) is 110 Å². The van der Waals surface area contributed by atoms with Crippen LogP contribution in [0.1, 0.15) is 81.5 Å². The van der Waals surface area contributed by atoms with Gasteiger partial charge in [-0.25, -0.2) is 0 Å². The van der Waals surface area contributed by atoms with Gasteiger partial charge in [-0.2, -0.15) is 0 Å². The molecule has 1 aliphatic rings. The van der Waals surface area contributed by atoms with Crippen molar-refractivity contribution < 1.29 is 14.0 Å². The van der Waals surface area contributed by atoms with Gasteiger partial charge in [0.2, 0.25) is 5.76 Å². The third-order valence-corrected chi connectivity index (χ3v) is 6.96. The molecule has 1 aliphatic heterocycles. The second kappa shape index (κ2) is 8.35. The Morgan fingerprint density at radius 3 is 2.14 bits per heavy atom. The lowest BCUT2D eigenvalue weighted by atomic mass is 9.94. The molecule has 176 valence electrons. The van der Waals surface area contributed by atoms with E-state index < -0.39 is 6.04 Å². The van der Waals surface area contributed by atoms with Crippen LogP contribution in [0, 0.1) is 13.8 Å². The standard InChI is InChI=1S/C30H27NO4/c1-16(2)20-6-8-22(9-7-20)27-26-28(33)24-14-17(3)18(4)15-25(24)35-29(26)30(34)31(27)23-12-10-21(11-13-23)19(5)32/h6-16,27H,1-5H3. The fourth-order valence-electron chi connectivity index (χ4n) is 4.73. The van der Waals surface area contributed by atoms with E-state index in [1.165, 1.54) is 12.5 Å². The van der Waals surface area contributed by atoms with Crippen molar-refractivity contribution in [2.24, 2.45) is 0 Å². The largest absolute Gasteiger partial charge is 0.450 e. The van der Waals surface area contributed by atoms with Crippen molar-refractivity contribution in [1.82, 2.24) is 0 Å². The summed E-state index contributed by atoms with van der Waals surface area (Å²) in [6.07, 6.45) is 0. The predicted octanol–water partition coefficient (Wildman–Crippen LogP) is 6.49. The summed E-state index contributed by atoms with van der Waals surface area (Å²) in [5.74, 6) is 0.00400. The number of benzene rings is 3. The average Bonchev–Trinajstić information content (AvgIpc) is 3.13. The van der Waals surface area contributed by atoms with Crippen LogP contribution in [-0.4, -0.2) is 11.7 Å². The number of carbonyl (C=O) groups excluding carboxylic acids is 2. The normalized spacial score (nSPS) is 15.2. The van der Waals surface area contributed by atoms with Gasteiger partial charge in [0.1, 0.15) is 5.58 Å². The molecule has 1 aromatic heterocycles. The average molecular weight is 466 g/mol. The van der Waals surface area contributed by atoms with Gasteiger partial charge in [0, 0.05) is 11.3 Å². The molecule has 0 spiro atoms. The molecule has 35 heavy (non-hydrogen) atoms. The number of nitrogens with zero attached hydrogens (tertiary/aromatic N) is 1. The summed E-state index contributed by atoms with van der Waals surface area (Å²) in [6.45, 7) is 9.65. The molecule has 1 unspecified atom stereocenters. The summed E-state index contributed by atoms with van der Waals surface area (Å²) in [5.41, 5.74) is 5.69. The molecule has 4 aromatic rings. The molecule has 3 aromatic carbocycles. The maximum absolute atomic E-state index is 13.8. The Hall–Kier alpha value is -3.99. The topological polar surface area (TPSA) is 67.6 Å².